The molecule has 0 saturated carbocycles. The largest absolute Gasteiger partial charge is 0.416 e. The fraction of sp³-hybridized carbons (Fsp3) is 0.0667. The summed E-state index contributed by atoms with van der Waals surface area (Å²) in [5, 5.41) is 0.853. The number of hydrogen-bond donors (Lipinski definition) is 1. The molecule has 0 saturated heterocycles. The number of rotatable bonds is 1. The number of pyridine rings is 2. The highest BCUT2D eigenvalue weighted by Crippen LogP contribution is 2.32. The van der Waals surface area contributed by atoms with Gasteiger partial charge in [0.2, 0.25) is 0 Å². The Bertz CT molecular complexity index is 868. The zero-order chi connectivity index (χ0) is 15.0. The molecule has 3 rings (SSSR count). The lowest BCUT2D eigenvalue weighted by molar-refractivity contribution is -0.137. The van der Waals surface area contributed by atoms with Crippen LogP contribution in [0.5, 0.6) is 0 Å². The first-order chi connectivity index (χ1) is 9.93. The number of alkyl halides is 3. The molecule has 2 heterocycles. The van der Waals surface area contributed by atoms with Gasteiger partial charge in [-0.1, -0.05) is 24.4 Å². The summed E-state index contributed by atoms with van der Waals surface area (Å²) in [7, 11) is 0. The smallest absolute Gasteiger partial charge is 0.346 e. The summed E-state index contributed by atoms with van der Waals surface area (Å²) in [4.78, 5) is 6.97. The summed E-state index contributed by atoms with van der Waals surface area (Å²) >= 11 is 4.88. The standard InChI is InChI=1S/C15H9F3N2S/c16-15(17,18)11-7-13(20-14(21)8-11)10-3-4-12-9(6-10)2-1-5-19-12/h1-8H,(H,20,21). The molecule has 106 valence electrons. The van der Waals surface area contributed by atoms with Gasteiger partial charge in [0.25, 0.3) is 0 Å². The SMILES string of the molecule is FC(F)(F)c1cc(-c2ccc3ncccc3c2)[nH]c(=S)c1. The van der Waals surface area contributed by atoms with Gasteiger partial charge in [0.15, 0.2) is 0 Å². The Balaban J connectivity index is 2.18. The van der Waals surface area contributed by atoms with E-state index >= 15 is 0 Å². The van der Waals surface area contributed by atoms with Gasteiger partial charge in [0.1, 0.15) is 4.64 Å². The predicted molar refractivity (Wildman–Crippen MR) is 77.4 cm³/mol. The molecule has 21 heavy (non-hydrogen) atoms. The number of aromatic nitrogens is 2. The summed E-state index contributed by atoms with van der Waals surface area (Å²) in [5.74, 6) is 0. The predicted octanol–water partition coefficient (Wildman–Crippen LogP) is 4.98. The van der Waals surface area contributed by atoms with Crippen LogP contribution in [-0.4, -0.2) is 9.97 Å². The quantitative estimate of drug-likeness (QED) is 0.642. The van der Waals surface area contributed by atoms with E-state index in [0.29, 0.717) is 11.3 Å². The number of halogens is 3. The molecule has 1 N–H and O–H groups in total. The fourth-order valence-corrected chi connectivity index (χ4v) is 2.34. The van der Waals surface area contributed by atoms with Crippen molar-refractivity contribution in [3.05, 3.63) is 58.9 Å². The minimum absolute atomic E-state index is 0.0473. The maximum Gasteiger partial charge on any atom is 0.416 e. The highest BCUT2D eigenvalue weighted by atomic mass is 32.1. The first kappa shape index (κ1) is 13.8. The van der Waals surface area contributed by atoms with Crippen molar-refractivity contribution >= 4 is 23.1 Å². The molecule has 0 fully saturated rings. The van der Waals surface area contributed by atoms with Crippen LogP contribution in [0.2, 0.25) is 0 Å². The molecule has 6 heteroatoms. The average molecular weight is 306 g/mol. The highest BCUT2D eigenvalue weighted by molar-refractivity contribution is 7.71. The summed E-state index contributed by atoms with van der Waals surface area (Å²) in [6.45, 7) is 0. The second-order valence-electron chi connectivity index (χ2n) is 4.56. The number of aromatic amines is 1. The molecule has 1 aromatic carbocycles. The molecule has 0 amide bonds. The second kappa shape index (κ2) is 4.96. The summed E-state index contributed by atoms with van der Waals surface area (Å²) in [5.41, 5.74) is 0.993. The van der Waals surface area contributed by atoms with Gasteiger partial charge in [0, 0.05) is 17.3 Å². The van der Waals surface area contributed by atoms with E-state index < -0.39 is 11.7 Å². The molecule has 0 spiro atoms. The van der Waals surface area contributed by atoms with Crippen molar-refractivity contribution in [2.24, 2.45) is 0 Å². The van der Waals surface area contributed by atoms with Gasteiger partial charge in [-0.2, -0.15) is 13.2 Å². The van der Waals surface area contributed by atoms with Crippen LogP contribution in [0.3, 0.4) is 0 Å². The molecular weight excluding hydrogens is 297 g/mol. The average Bonchev–Trinajstić information content (AvgIpc) is 2.45. The summed E-state index contributed by atoms with van der Waals surface area (Å²) in [6.07, 6.45) is -2.75. The van der Waals surface area contributed by atoms with Gasteiger partial charge in [-0.3, -0.25) is 4.98 Å². The van der Waals surface area contributed by atoms with Crippen molar-refractivity contribution in [2.45, 2.75) is 6.18 Å². The Morgan fingerprint density at radius 3 is 2.62 bits per heavy atom. The zero-order valence-corrected chi connectivity index (χ0v) is 11.4. The lowest BCUT2D eigenvalue weighted by atomic mass is 10.1. The van der Waals surface area contributed by atoms with E-state index in [0.717, 1.165) is 23.0 Å². The van der Waals surface area contributed by atoms with Crippen molar-refractivity contribution in [1.82, 2.24) is 9.97 Å². The van der Waals surface area contributed by atoms with Crippen molar-refractivity contribution in [2.75, 3.05) is 0 Å². The molecule has 0 aliphatic heterocycles. The van der Waals surface area contributed by atoms with Gasteiger partial charge < -0.3 is 4.98 Å². The van der Waals surface area contributed by atoms with Crippen molar-refractivity contribution in [1.29, 1.82) is 0 Å². The maximum atomic E-state index is 12.8. The van der Waals surface area contributed by atoms with E-state index in [-0.39, 0.29) is 4.64 Å². The van der Waals surface area contributed by atoms with E-state index in [1.165, 1.54) is 0 Å². The van der Waals surface area contributed by atoms with Crippen LogP contribution in [-0.2, 0) is 6.18 Å². The van der Waals surface area contributed by atoms with E-state index in [1.807, 2.05) is 6.07 Å². The van der Waals surface area contributed by atoms with Crippen LogP contribution >= 0.6 is 12.2 Å². The number of hydrogen-bond acceptors (Lipinski definition) is 2. The third-order valence-electron chi connectivity index (χ3n) is 3.09. The monoisotopic (exact) mass is 306 g/mol. The van der Waals surface area contributed by atoms with Crippen LogP contribution in [0.15, 0.2) is 48.7 Å². The minimum atomic E-state index is -4.42. The molecular formula is C15H9F3N2S. The molecule has 0 unspecified atom stereocenters. The van der Waals surface area contributed by atoms with Gasteiger partial charge in [0.05, 0.1) is 11.1 Å². The molecule has 0 aliphatic rings. The number of fused-ring (bicyclic) bond motifs is 1. The minimum Gasteiger partial charge on any atom is -0.346 e. The Labute approximate surface area is 123 Å². The Morgan fingerprint density at radius 2 is 1.86 bits per heavy atom. The number of H-pyrrole nitrogens is 1. The van der Waals surface area contributed by atoms with Crippen LogP contribution in [0.1, 0.15) is 5.56 Å². The third-order valence-corrected chi connectivity index (χ3v) is 3.31. The number of nitrogens with zero attached hydrogens (tertiary/aromatic N) is 1. The Kier molecular flexibility index (Phi) is 3.25. The molecule has 2 nitrogen and oxygen atoms in total. The van der Waals surface area contributed by atoms with Crippen LogP contribution < -0.4 is 0 Å². The van der Waals surface area contributed by atoms with Crippen molar-refractivity contribution in [3.63, 3.8) is 0 Å². The molecule has 0 atom stereocenters. The third kappa shape index (κ3) is 2.80. The first-order valence-corrected chi connectivity index (χ1v) is 6.51. The lowest BCUT2D eigenvalue weighted by Crippen LogP contribution is -2.05. The summed E-state index contributed by atoms with van der Waals surface area (Å²) in [6, 6.07) is 10.9. The maximum absolute atomic E-state index is 12.8. The van der Waals surface area contributed by atoms with Crippen molar-refractivity contribution < 1.29 is 13.2 Å². The molecule has 0 bridgehead atoms. The first-order valence-electron chi connectivity index (χ1n) is 6.10. The molecule has 2 aromatic heterocycles. The van der Waals surface area contributed by atoms with E-state index in [2.05, 4.69) is 9.97 Å². The second-order valence-corrected chi connectivity index (χ2v) is 5.00. The van der Waals surface area contributed by atoms with Crippen LogP contribution in [0.25, 0.3) is 22.2 Å². The van der Waals surface area contributed by atoms with E-state index in [1.54, 1.807) is 30.5 Å². The molecule has 3 aromatic rings. The Hall–Kier alpha value is -2.21. The lowest BCUT2D eigenvalue weighted by Gasteiger charge is -2.10. The highest BCUT2D eigenvalue weighted by Gasteiger charge is 2.31. The van der Waals surface area contributed by atoms with Gasteiger partial charge in [-0.05, 0) is 35.9 Å². The van der Waals surface area contributed by atoms with Crippen molar-refractivity contribution in [3.8, 4) is 11.3 Å². The molecule has 0 radical (unpaired) electrons. The zero-order valence-electron chi connectivity index (χ0n) is 10.6. The fourth-order valence-electron chi connectivity index (χ4n) is 2.11. The van der Waals surface area contributed by atoms with Crippen LogP contribution in [0.4, 0.5) is 13.2 Å². The van der Waals surface area contributed by atoms with Gasteiger partial charge >= 0.3 is 6.18 Å². The van der Waals surface area contributed by atoms with E-state index in [4.69, 9.17) is 12.2 Å². The normalized spacial score (nSPS) is 11.8. The van der Waals surface area contributed by atoms with Crippen LogP contribution in [0, 0.1) is 4.64 Å². The topological polar surface area (TPSA) is 28.7 Å². The van der Waals surface area contributed by atoms with Gasteiger partial charge in [-0.25, -0.2) is 0 Å². The molecule has 0 aliphatic carbocycles. The number of nitrogens with one attached hydrogen (secondary N) is 1. The van der Waals surface area contributed by atoms with Gasteiger partial charge in [-0.15, -0.1) is 0 Å². The Morgan fingerprint density at radius 1 is 1.05 bits per heavy atom. The summed E-state index contributed by atoms with van der Waals surface area (Å²) < 4.78 is 38.6. The van der Waals surface area contributed by atoms with E-state index in [9.17, 15) is 13.2 Å². The number of benzene rings is 1.